The zero-order valence-electron chi connectivity index (χ0n) is 10.5. The summed E-state index contributed by atoms with van der Waals surface area (Å²) < 4.78 is 4.69. The average Bonchev–Trinajstić information content (AvgIpc) is 2.35. The van der Waals surface area contributed by atoms with Gasteiger partial charge in [-0.05, 0) is 11.9 Å². The van der Waals surface area contributed by atoms with Crippen molar-refractivity contribution in [2.24, 2.45) is 0 Å². The Hall–Kier alpha value is -2.29. The van der Waals surface area contributed by atoms with E-state index in [0.29, 0.717) is 0 Å². The number of urea groups is 1. The summed E-state index contributed by atoms with van der Waals surface area (Å²) in [5, 5.41) is 0.727. The molecule has 0 atom stereocenters. The molecule has 0 fully saturated rings. The second-order valence-electron chi connectivity index (χ2n) is 3.23. The zero-order valence-corrected chi connectivity index (χ0v) is 10.5. The molecule has 0 aromatic carbocycles. The van der Waals surface area contributed by atoms with Crippen molar-refractivity contribution in [1.82, 2.24) is 9.91 Å². The number of carbonyl (C=O) groups is 2. The van der Waals surface area contributed by atoms with Crippen LogP contribution in [0.15, 0.2) is 25.3 Å². The van der Waals surface area contributed by atoms with Gasteiger partial charge in [-0.25, -0.2) is 9.59 Å². The van der Waals surface area contributed by atoms with Gasteiger partial charge in [-0.2, -0.15) is 11.5 Å². The largest absolute Gasteiger partial charge is 0.464 e. The van der Waals surface area contributed by atoms with Gasteiger partial charge in [-0.1, -0.05) is 12.2 Å². The van der Waals surface area contributed by atoms with E-state index in [1.165, 1.54) is 17.1 Å². The first-order valence-electron chi connectivity index (χ1n) is 5.41. The lowest BCUT2D eigenvalue weighted by atomic mass is 10.4. The summed E-state index contributed by atoms with van der Waals surface area (Å²) in [5.74, 6) is -0.612. The average molecular weight is 251 g/mol. The Kier molecular flexibility index (Phi) is 7.69. The molecule has 0 unspecified atom stereocenters. The lowest BCUT2D eigenvalue weighted by Gasteiger charge is -2.20. The molecule has 0 aliphatic heterocycles. The van der Waals surface area contributed by atoms with Crippen molar-refractivity contribution >= 4 is 12.0 Å². The predicted octanol–water partition coefficient (Wildman–Crippen LogP) is 1.48. The van der Waals surface area contributed by atoms with Gasteiger partial charge in [0.15, 0.2) is 6.54 Å². The van der Waals surface area contributed by atoms with E-state index < -0.39 is 12.0 Å². The van der Waals surface area contributed by atoms with Crippen molar-refractivity contribution in [1.29, 1.82) is 0 Å². The van der Waals surface area contributed by atoms with Crippen LogP contribution in [-0.4, -0.2) is 48.2 Å². The molecule has 0 bridgehead atoms. The molecule has 0 N–H and O–H groups in total. The van der Waals surface area contributed by atoms with Gasteiger partial charge in [0.1, 0.15) is 0 Å². The number of esters is 1. The maximum Gasteiger partial charge on any atom is 0.386 e. The van der Waals surface area contributed by atoms with E-state index in [2.05, 4.69) is 22.8 Å². The van der Waals surface area contributed by atoms with Crippen LogP contribution in [0.1, 0.15) is 6.92 Å². The van der Waals surface area contributed by atoms with E-state index in [-0.39, 0.29) is 26.2 Å². The molecule has 0 heterocycles. The number of nitrogens with zero attached hydrogens (tertiary/aromatic N) is 3. The minimum absolute atomic E-state index is 0.210. The van der Waals surface area contributed by atoms with Gasteiger partial charge in [0.25, 0.3) is 0 Å². The Morgan fingerprint density at radius 1 is 1.33 bits per heavy atom. The molecule has 0 aromatic rings. The Morgan fingerprint density at radius 3 is 2.28 bits per heavy atom. The maximum atomic E-state index is 11.9. The van der Waals surface area contributed by atoms with Gasteiger partial charge in [-0.15, -0.1) is 13.2 Å². The minimum atomic E-state index is -0.612. The van der Waals surface area contributed by atoms with E-state index >= 15 is 0 Å². The normalized spacial score (nSPS) is 8.89. The quantitative estimate of drug-likeness (QED) is 0.298. The summed E-state index contributed by atoms with van der Waals surface area (Å²) in [6.45, 7) is 16.0. The second kappa shape index (κ2) is 8.82. The third-order valence-corrected chi connectivity index (χ3v) is 1.90. The highest BCUT2D eigenvalue weighted by molar-refractivity contribution is 5.81. The van der Waals surface area contributed by atoms with Gasteiger partial charge in [0.2, 0.25) is 0 Å². The van der Waals surface area contributed by atoms with Crippen molar-refractivity contribution in [3.05, 3.63) is 36.8 Å². The Balaban J connectivity index is 4.66. The summed E-state index contributed by atoms with van der Waals surface area (Å²) in [6.07, 6.45) is 3.07. The molecule has 0 aliphatic carbocycles. The smallest absolute Gasteiger partial charge is 0.386 e. The van der Waals surface area contributed by atoms with Crippen LogP contribution in [0.3, 0.4) is 0 Å². The number of amides is 2. The molecular weight excluding hydrogens is 234 g/mol. The van der Waals surface area contributed by atoms with Crippen molar-refractivity contribution in [2.75, 3.05) is 26.2 Å². The third-order valence-electron chi connectivity index (χ3n) is 1.90. The van der Waals surface area contributed by atoms with E-state index in [9.17, 15) is 9.59 Å². The van der Waals surface area contributed by atoms with Crippen molar-refractivity contribution < 1.29 is 14.3 Å². The molecule has 0 rings (SSSR count). The molecule has 6 heteroatoms. The number of carbonyl (C=O) groups excluding carboxylic acids is 2. The molecule has 0 aromatic heterocycles. The molecule has 0 radical (unpaired) electrons. The van der Waals surface area contributed by atoms with Gasteiger partial charge in [-0.3, -0.25) is 0 Å². The predicted molar refractivity (Wildman–Crippen MR) is 67.3 cm³/mol. The van der Waals surface area contributed by atoms with Crippen molar-refractivity contribution in [2.45, 2.75) is 6.92 Å². The monoisotopic (exact) mass is 251 g/mol. The number of hydrogen-bond donors (Lipinski definition) is 0. The topological polar surface area (TPSA) is 54.2 Å². The lowest BCUT2D eigenvalue weighted by Crippen LogP contribution is -2.42. The third kappa shape index (κ3) is 5.16. The van der Waals surface area contributed by atoms with Crippen LogP contribution in [0.25, 0.3) is 4.95 Å². The molecule has 18 heavy (non-hydrogen) atoms. The molecule has 0 spiro atoms. The lowest BCUT2D eigenvalue weighted by molar-refractivity contribution is -0.143. The van der Waals surface area contributed by atoms with Gasteiger partial charge < -0.3 is 9.64 Å². The molecule has 2 amide bonds. The van der Waals surface area contributed by atoms with Gasteiger partial charge >= 0.3 is 12.0 Å². The first-order valence-corrected chi connectivity index (χ1v) is 5.41. The summed E-state index contributed by atoms with van der Waals surface area (Å²) >= 11 is 0. The van der Waals surface area contributed by atoms with Crippen LogP contribution in [-0.2, 0) is 9.53 Å². The molecule has 0 saturated carbocycles. The summed E-state index contributed by atoms with van der Waals surface area (Å²) in [4.78, 5) is 27.5. The van der Waals surface area contributed by atoms with Crippen molar-refractivity contribution in [3.63, 3.8) is 0 Å². The SMILES string of the molecule is [C-]#[N+]N(CC(=O)OCC)C(=O)N(CC=C)CC=C. The zero-order chi connectivity index (χ0) is 14.0. The van der Waals surface area contributed by atoms with E-state index in [1.54, 1.807) is 6.92 Å². The fraction of sp³-hybridized carbons (Fsp3) is 0.417. The highest BCUT2D eigenvalue weighted by Crippen LogP contribution is 2.01. The number of hydrogen-bond acceptors (Lipinski definition) is 3. The summed E-state index contributed by atoms with van der Waals surface area (Å²) in [6, 6.07) is -0.571. The molecular formula is C12H17N3O3. The first-order chi connectivity index (χ1) is 8.60. The van der Waals surface area contributed by atoms with E-state index in [4.69, 9.17) is 6.57 Å². The Bertz CT molecular complexity index is 350. The van der Waals surface area contributed by atoms with Crippen molar-refractivity contribution in [3.8, 4) is 0 Å². The molecule has 0 saturated heterocycles. The highest BCUT2D eigenvalue weighted by atomic mass is 16.5. The van der Waals surface area contributed by atoms with Crippen LogP contribution in [0.4, 0.5) is 4.79 Å². The van der Waals surface area contributed by atoms with Crippen LogP contribution in [0.2, 0.25) is 0 Å². The molecule has 98 valence electrons. The standard InChI is InChI=1S/C12H17N3O3/c1-5-8-14(9-6-2)12(17)15(13-4)10-11(16)18-7-3/h5-6H,1-2,7-10H2,3H3. The van der Waals surface area contributed by atoms with Crippen LogP contribution in [0, 0.1) is 6.57 Å². The fourth-order valence-corrected chi connectivity index (χ4v) is 1.18. The van der Waals surface area contributed by atoms with Crippen LogP contribution in [0.5, 0.6) is 0 Å². The fourth-order valence-electron chi connectivity index (χ4n) is 1.18. The summed E-state index contributed by atoms with van der Waals surface area (Å²) in [7, 11) is 0. The first kappa shape index (κ1) is 15.7. The maximum absolute atomic E-state index is 11.9. The van der Waals surface area contributed by atoms with E-state index in [0.717, 1.165) is 5.01 Å². The minimum Gasteiger partial charge on any atom is -0.464 e. The van der Waals surface area contributed by atoms with Gasteiger partial charge in [0, 0.05) is 13.1 Å². The number of ether oxygens (including phenoxy) is 1. The number of rotatable bonds is 7. The molecule has 0 aliphatic rings. The Labute approximate surface area is 107 Å². The van der Waals surface area contributed by atoms with Gasteiger partial charge in [0.05, 0.1) is 6.61 Å². The van der Waals surface area contributed by atoms with E-state index in [1.807, 2.05) is 0 Å². The molecule has 6 nitrogen and oxygen atoms in total. The Morgan fingerprint density at radius 2 is 1.89 bits per heavy atom. The highest BCUT2D eigenvalue weighted by Gasteiger charge is 2.26. The summed E-state index contributed by atoms with van der Waals surface area (Å²) in [5.41, 5.74) is 0. The van der Waals surface area contributed by atoms with Crippen LogP contribution >= 0.6 is 0 Å². The second-order valence-corrected chi connectivity index (χ2v) is 3.23. The van der Waals surface area contributed by atoms with Crippen LogP contribution < -0.4 is 0 Å².